The molecule has 0 N–H and O–H groups in total. The minimum absolute atomic E-state index is 0.205. The number of aromatic nitrogens is 2. The van der Waals surface area contributed by atoms with E-state index in [9.17, 15) is 4.39 Å². The number of hydrogen-bond acceptors (Lipinski definition) is 1. The van der Waals surface area contributed by atoms with Crippen molar-refractivity contribution in [2.75, 3.05) is 0 Å². The van der Waals surface area contributed by atoms with Crippen LogP contribution < -0.4 is 0 Å². The van der Waals surface area contributed by atoms with Gasteiger partial charge in [0, 0.05) is 5.02 Å². The molecule has 0 aliphatic carbocycles. The van der Waals surface area contributed by atoms with Crippen LogP contribution in [0.15, 0.2) is 36.4 Å². The molecule has 0 spiro atoms. The van der Waals surface area contributed by atoms with Crippen LogP contribution in [-0.2, 0) is 5.88 Å². The molecule has 102 valence electrons. The van der Waals surface area contributed by atoms with Crippen LogP contribution in [0.1, 0.15) is 11.4 Å². The molecule has 0 bridgehead atoms. The highest BCUT2D eigenvalue weighted by Gasteiger charge is 2.15. The summed E-state index contributed by atoms with van der Waals surface area (Å²) in [5.74, 6) is 0.415. The second kappa shape index (κ2) is 5.08. The van der Waals surface area contributed by atoms with E-state index in [-0.39, 0.29) is 5.88 Å². The first-order valence-corrected chi connectivity index (χ1v) is 7.01. The lowest BCUT2D eigenvalue weighted by Crippen LogP contribution is -2.02. The van der Waals surface area contributed by atoms with E-state index >= 15 is 0 Å². The van der Waals surface area contributed by atoms with Crippen LogP contribution in [0.4, 0.5) is 4.39 Å². The van der Waals surface area contributed by atoms with Gasteiger partial charge in [0.1, 0.15) is 11.6 Å². The normalized spacial score (nSPS) is 11.2. The van der Waals surface area contributed by atoms with Gasteiger partial charge in [-0.25, -0.2) is 9.37 Å². The fraction of sp³-hybridized carbons (Fsp3) is 0.133. The van der Waals surface area contributed by atoms with Gasteiger partial charge in [0.2, 0.25) is 0 Å². The molecule has 1 heterocycles. The van der Waals surface area contributed by atoms with Gasteiger partial charge < -0.3 is 0 Å². The first kappa shape index (κ1) is 13.4. The number of aryl methyl sites for hydroxylation is 1. The van der Waals surface area contributed by atoms with E-state index in [2.05, 4.69) is 4.98 Å². The van der Waals surface area contributed by atoms with Gasteiger partial charge in [-0.2, -0.15) is 0 Å². The second-order valence-corrected chi connectivity index (χ2v) is 5.24. The molecule has 0 fully saturated rings. The van der Waals surface area contributed by atoms with E-state index in [1.54, 1.807) is 16.7 Å². The van der Waals surface area contributed by atoms with Crippen molar-refractivity contribution in [2.45, 2.75) is 12.8 Å². The van der Waals surface area contributed by atoms with Crippen LogP contribution in [0.5, 0.6) is 0 Å². The lowest BCUT2D eigenvalue weighted by atomic mass is 10.2. The molecule has 1 aromatic heterocycles. The number of nitrogens with zero attached hydrogens (tertiary/aromatic N) is 2. The molecule has 3 rings (SSSR count). The molecule has 0 unspecified atom stereocenters. The number of rotatable bonds is 2. The third-order valence-electron chi connectivity index (χ3n) is 3.23. The zero-order valence-corrected chi connectivity index (χ0v) is 12.2. The lowest BCUT2D eigenvalue weighted by molar-refractivity contribution is 0.618. The monoisotopic (exact) mass is 308 g/mol. The summed E-state index contributed by atoms with van der Waals surface area (Å²) in [7, 11) is 0. The molecule has 20 heavy (non-hydrogen) atoms. The van der Waals surface area contributed by atoms with E-state index in [0.717, 1.165) is 16.6 Å². The second-order valence-electron chi connectivity index (χ2n) is 4.54. The highest BCUT2D eigenvalue weighted by atomic mass is 35.5. The maximum Gasteiger partial charge on any atom is 0.148 e. The van der Waals surface area contributed by atoms with E-state index in [4.69, 9.17) is 23.2 Å². The largest absolute Gasteiger partial charge is 0.292 e. The highest BCUT2D eigenvalue weighted by Crippen LogP contribution is 2.27. The van der Waals surface area contributed by atoms with Gasteiger partial charge >= 0.3 is 0 Å². The van der Waals surface area contributed by atoms with E-state index in [1.807, 2.05) is 25.1 Å². The molecule has 0 saturated carbocycles. The maximum atomic E-state index is 14.2. The molecular formula is C15H11Cl2FN2. The number of fused-ring (bicyclic) bond motifs is 1. The van der Waals surface area contributed by atoms with Crippen LogP contribution in [0.3, 0.4) is 0 Å². The van der Waals surface area contributed by atoms with E-state index in [1.165, 1.54) is 6.07 Å². The summed E-state index contributed by atoms with van der Waals surface area (Å²) < 4.78 is 15.9. The van der Waals surface area contributed by atoms with Gasteiger partial charge in [-0.3, -0.25) is 4.57 Å². The molecule has 3 aromatic rings. The molecule has 5 heteroatoms. The summed E-state index contributed by atoms with van der Waals surface area (Å²) in [6, 6.07) is 10.4. The molecule has 0 atom stereocenters. The summed E-state index contributed by atoms with van der Waals surface area (Å²) in [4.78, 5) is 4.50. The van der Waals surface area contributed by atoms with Gasteiger partial charge in [0.05, 0.1) is 22.6 Å². The Hall–Kier alpha value is -1.58. The van der Waals surface area contributed by atoms with Gasteiger partial charge in [-0.15, -0.1) is 11.6 Å². The van der Waals surface area contributed by atoms with Crippen molar-refractivity contribution in [2.24, 2.45) is 0 Å². The van der Waals surface area contributed by atoms with Crippen LogP contribution in [-0.4, -0.2) is 9.55 Å². The van der Waals surface area contributed by atoms with Crippen LogP contribution in [0, 0.1) is 12.7 Å². The van der Waals surface area contributed by atoms with Gasteiger partial charge in [-0.1, -0.05) is 23.7 Å². The number of hydrogen-bond donors (Lipinski definition) is 0. The number of alkyl halides is 1. The van der Waals surface area contributed by atoms with E-state index < -0.39 is 5.82 Å². The Bertz CT molecular complexity index is 796. The topological polar surface area (TPSA) is 17.8 Å². The highest BCUT2D eigenvalue weighted by molar-refractivity contribution is 6.30. The van der Waals surface area contributed by atoms with Gasteiger partial charge in [0.15, 0.2) is 0 Å². The quantitative estimate of drug-likeness (QED) is 0.618. The zero-order chi connectivity index (χ0) is 14.3. The van der Waals surface area contributed by atoms with Crippen molar-refractivity contribution >= 4 is 34.2 Å². The van der Waals surface area contributed by atoms with Gasteiger partial charge in [-0.05, 0) is 36.8 Å². The van der Waals surface area contributed by atoms with Crippen molar-refractivity contribution in [3.8, 4) is 5.69 Å². The minimum Gasteiger partial charge on any atom is -0.292 e. The number of para-hydroxylation sites is 1. The van der Waals surface area contributed by atoms with Crippen molar-refractivity contribution in [1.29, 1.82) is 0 Å². The fourth-order valence-corrected chi connectivity index (χ4v) is 2.65. The van der Waals surface area contributed by atoms with E-state index in [0.29, 0.717) is 16.5 Å². The number of imidazole rings is 1. The summed E-state index contributed by atoms with van der Waals surface area (Å²) >= 11 is 11.8. The average molecular weight is 309 g/mol. The molecule has 0 aliphatic rings. The molecule has 0 radical (unpaired) electrons. The third kappa shape index (κ3) is 2.07. The SMILES string of the molecule is Cc1cccc2c1nc(CCl)n2-c1ccc(Cl)cc1F. The standard InChI is InChI=1S/C15H11Cl2FN2/c1-9-3-2-4-13-15(9)19-14(8-16)20(13)12-6-5-10(17)7-11(12)18/h2-7H,8H2,1H3. The Balaban J connectivity index is 2.37. The molecule has 0 aliphatic heterocycles. The van der Waals surface area contributed by atoms with Crippen LogP contribution >= 0.6 is 23.2 Å². The zero-order valence-electron chi connectivity index (χ0n) is 10.7. The Kier molecular flexibility index (Phi) is 3.40. The average Bonchev–Trinajstić information content (AvgIpc) is 2.79. The Labute approximate surface area is 125 Å². The van der Waals surface area contributed by atoms with Crippen molar-refractivity contribution in [1.82, 2.24) is 9.55 Å². The van der Waals surface area contributed by atoms with Crippen molar-refractivity contribution in [3.05, 3.63) is 58.6 Å². The Morgan fingerprint density at radius 3 is 2.75 bits per heavy atom. The first-order valence-electron chi connectivity index (χ1n) is 6.10. The van der Waals surface area contributed by atoms with Crippen molar-refractivity contribution < 1.29 is 4.39 Å². The van der Waals surface area contributed by atoms with Crippen LogP contribution in [0.25, 0.3) is 16.7 Å². The number of halogens is 3. The summed E-state index contributed by atoms with van der Waals surface area (Å²) in [6.45, 7) is 1.97. The Morgan fingerprint density at radius 1 is 1.25 bits per heavy atom. The first-order chi connectivity index (χ1) is 9.61. The minimum atomic E-state index is -0.398. The Morgan fingerprint density at radius 2 is 2.05 bits per heavy atom. The lowest BCUT2D eigenvalue weighted by Gasteiger charge is -2.09. The summed E-state index contributed by atoms with van der Waals surface area (Å²) in [5, 5.41) is 0.360. The molecule has 0 amide bonds. The van der Waals surface area contributed by atoms with Gasteiger partial charge in [0.25, 0.3) is 0 Å². The predicted molar refractivity (Wildman–Crippen MR) is 80.3 cm³/mol. The predicted octanol–water partition coefficient (Wildman–Crippen LogP) is 4.87. The maximum absolute atomic E-state index is 14.2. The third-order valence-corrected chi connectivity index (χ3v) is 3.70. The number of benzene rings is 2. The molecular weight excluding hydrogens is 298 g/mol. The summed E-state index contributed by atoms with van der Waals surface area (Å²) in [5.41, 5.74) is 3.10. The van der Waals surface area contributed by atoms with Crippen molar-refractivity contribution in [3.63, 3.8) is 0 Å². The molecule has 2 aromatic carbocycles. The molecule has 0 saturated heterocycles. The fourth-order valence-electron chi connectivity index (χ4n) is 2.31. The summed E-state index contributed by atoms with van der Waals surface area (Å²) in [6.07, 6.45) is 0. The molecule has 2 nitrogen and oxygen atoms in total. The smallest absolute Gasteiger partial charge is 0.148 e. The van der Waals surface area contributed by atoms with Crippen LogP contribution in [0.2, 0.25) is 5.02 Å².